The number of aliphatic hydroxyl groups excluding tert-OH is 1. The van der Waals surface area contributed by atoms with Crippen LogP contribution in [0.5, 0.6) is 0 Å². The second kappa shape index (κ2) is 17.3. The highest BCUT2D eigenvalue weighted by Gasteiger charge is 2.62. The van der Waals surface area contributed by atoms with Crippen LogP contribution < -0.4 is 0 Å². The maximum Gasteiger partial charge on any atom is 0.133 e. The summed E-state index contributed by atoms with van der Waals surface area (Å²) in [4.78, 5) is 12.4. The Bertz CT molecular complexity index is 1250. The molecule has 0 radical (unpaired) electrons. The summed E-state index contributed by atoms with van der Waals surface area (Å²) < 4.78 is 0. The number of carbonyl (C=O) groups is 1. The highest BCUT2D eigenvalue weighted by molar-refractivity contribution is 7.35. The summed E-state index contributed by atoms with van der Waals surface area (Å²) in [5, 5.41) is 31.6. The molecule has 0 saturated heterocycles. The highest BCUT2D eigenvalue weighted by atomic mass is 31.1. The number of hydrogen-bond donors (Lipinski definition) is 3. The first-order chi connectivity index (χ1) is 24.9. The largest absolute Gasteiger partial charge is 0.393 e. The fourth-order valence-corrected chi connectivity index (χ4v) is 17.0. The number of ketones is 1. The van der Waals surface area contributed by atoms with Crippen molar-refractivity contribution in [2.75, 3.05) is 13.3 Å². The molecular formula is C49H89O4P. The van der Waals surface area contributed by atoms with Gasteiger partial charge in [0.05, 0.1) is 17.3 Å². The third-order valence-electron chi connectivity index (χ3n) is 18.9. The van der Waals surface area contributed by atoms with Crippen molar-refractivity contribution in [3.05, 3.63) is 0 Å². The molecule has 2 unspecified atom stereocenters. The van der Waals surface area contributed by atoms with Gasteiger partial charge in [-0.1, -0.05) is 48.0 Å². The van der Waals surface area contributed by atoms with Crippen LogP contribution in [0.25, 0.3) is 0 Å². The number of carbonyl (C=O) groups excluding carboxylic acids is 1. The van der Waals surface area contributed by atoms with Gasteiger partial charge in [0.15, 0.2) is 0 Å². The molecule has 8 saturated carbocycles. The number of aliphatic hydroxyl groups is 3. The Morgan fingerprint density at radius 1 is 0.648 bits per heavy atom. The van der Waals surface area contributed by atoms with Gasteiger partial charge < -0.3 is 15.3 Å². The lowest BCUT2D eigenvalue weighted by atomic mass is 9.48. The fourth-order valence-electron chi connectivity index (χ4n) is 17.0. The van der Waals surface area contributed by atoms with Crippen LogP contribution >= 0.6 is 8.58 Å². The summed E-state index contributed by atoms with van der Waals surface area (Å²) in [5.41, 5.74) is -0.201. The maximum absolute atomic E-state index is 12.4. The average molecular weight is 773 g/mol. The van der Waals surface area contributed by atoms with E-state index in [1.807, 2.05) is 13.8 Å². The molecule has 8 rings (SSSR count). The van der Waals surface area contributed by atoms with Gasteiger partial charge >= 0.3 is 0 Å². The summed E-state index contributed by atoms with van der Waals surface area (Å²) in [6.45, 7) is 22.0. The molecule has 0 amide bonds. The minimum Gasteiger partial charge on any atom is -0.393 e. The van der Waals surface area contributed by atoms with Crippen LogP contribution in [0.15, 0.2) is 0 Å². The van der Waals surface area contributed by atoms with E-state index in [0.717, 1.165) is 112 Å². The molecule has 8 aliphatic carbocycles. The zero-order valence-electron chi connectivity index (χ0n) is 36.1. The van der Waals surface area contributed by atoms with Gasteiger partial charge in [-0.05, 0) is 232 Å². The molecule has 0 spiro atoms. The smallest absolute Gasteiger partial charge is 0.133 e. The summed E-state index contributed by atoms with van der Waals surface area (Å²) in [6, 6.07) is 0. The Morgan fingerprint density at radius 2 is 1.06 bits per heavy atom. The Labute approximate surface area is 336 Å². The third-order valence-corrected chi connectivity index (χ3v) is 18.9. The molecule has 54 heavy (non-hydrogen) atoms. The van der Waals surface area contributed by atoms with Gasteiger partial charge in [0.1, 0.15) is 5.78 Å². The summed E-state index contributed by atoms with van der Waals surface area (Å²) >= 11 is 0. The van der Waals surface area contributed by atoms with Crippen LogP contribution in [-0.2, 0) is 4.79 Å². The van der Waals surface area contributed by atoms with Crippen molar-refractivity contribution < 1.29 is 20.1 Å². The lowest BCUT2D eigenvalue weighted by molar-refractivity contribution is -0.131. The first-order valence-corrected chi connectivity index (χ1v) is 25.2. The lowest BCUT2D eigenvalue weighted by Crippen LogP contribution is -2.52. The van der Waals surface area contributed by atoms with E-state index in [2.05, 4.69) is 54.9 Å². The van der Waals surface area contributed by atoms with Crippen LogP contribution in [0.4, 0.5) is 0 Å². The highest BCUT2D eigenvalue weighted by Crippen LogP contribution is 2.68. The predicted molar refractivity (Wildman–Crippen MR) is 230 cm³/mol. The van der Waals surface area contributed by atoms with Crippen molar-refractivity contribution in [1.29, 1.82) is 0 Å². The zero-order valence-corrected chi connectivity index (χ0v) is 37.1. The Morgan fingerprint density at radius 3 is 1.48 bits per heavy atom. The molecule has 19 atom stereocenters. The first kappa shape index (κ1) is 45.1. The topological polar surface area (TPSA) is 77.8 Å². The Hall–Kier alpha value is -0.0200. The van der Waals surface area contributed by atoms with Gasteiger partial charge in [-0.2, -0.15) is 0 Å². The summed E-state index contributed by atoms with van der Waals surface area (Å²) in [7, 11) is 1.08. The van der Waals surface area contributed by atoms with Gasteiger partial charge in [0, 0.05) is 5.92 Å². The molecule has 0 heterocycles. The number of hydrogen-bond acceptors (Lipinski definition) is 4. The number of fused-ring (bicyclic) bond motifs is 10. The van der Waals surface area contributed by atoms with Crippen LogP contribution in [0.1, 0.15) is 178 Å². The molecule has 0 aliphatic heterocycles. The van der Waals surface area contributed by atoms with E-state index in [-0.39, 0.29) is 18.9 Å². The monoisotopic (exact) mass is 773 g/mol. The van der Waals surface area contributed by atoms with E-state index >= 15 is 0 Å². The van der Waals surface area contributed by atoms with E-state index in [1.165, 1.54) is 83.5 Å². The summed E-state index contributed by atoms with van der Waals surface area (Å²) in [6.07, 6.45) is 22.0. The van der Waals surface area contributed by atoms with E-state index in [0.29, 0.717) is 23.0 Å². The van der Waals surface area contributed by atoms with E-state index in [9.17, 15) is 20.1 Å². The molecule has 8 fully saturated rings. The number of Topliss-reactive ketones (excluding diaryl/α,β-unsaturated/α-hetero) is 1. The molecule has 0 aromatic rings. The van der Waals surface area contributed by atoms with Crippen LogP contribution in [0.3, 0.4) is 0 Å². The molecule has 0 aromatic carbocycles. The molecule has 8 aliphatic rings. The van der Waals surface area contributed by atoms with Crippen molar-refractivity contribution >= 4 is 14.4 Å². The van der Waals surface area contributed by atoms with Gasteiger partial charge in [-0.15, -0.1) is 8.58 Å². The minimum atomic E-state index is -0.420. The van der Waals surface area contributed by atoms with Gasteiger partial charge in [0.25, 0.3) is 0 Å². The van der Waals surface area contributed by atoms with Crippen molar-refractivity contribution in [2.45, 2.75) is 196 Å². The first-order valence-electron chi connectivity index (χ1n) is 23.2. The standard InChI is InChI=1S/C23H40O2.C23H38O2.C2H7P.CH4/c2*1-5-15-12-20(14(2)24)23(4)11-9-18-17-8-10-22(3,25)13-16(17)6-7-19(18)21(15)23;1-3-2;/h14-21,24-25H,5-13H2,1-4H3;15-21,25H,5-13H2,1-4H3;3H,1-2H3;1H4/t14?,15-,16-,17+,18-,19-,20?,21+,22-,23-;15-,16-,17+,18-,19-,20-,21+,22-,23-;;/m11../s1. The predicted octanol–water partition coefficient (Wildman–Crippen LogP) is 11.8. The fraction of sp³-hybridized carbons (Fsp3) is 0.980. The van der Waals surface area contributed by atoms with Gasteiger partial charge in [0.2, 0.25) is 0 Å². The van der Waals surface area contributed by atoms with Crippen LogP contribution in [0, 0.1) is 93.7 Å². The third kappa shape index (κ3) is 8.25. The van der Waals surface area contributed by atoms with Gasteiger partial charge in [-0.3, -0.25) is 4.79 Å². The van der Waals surface area contributed by atoms with E-state index in [4.69, 9.17) is 0 Å². The zero-order chi connectivity index (χ0) is 38.7. The van der Waals surface area contributed by atoms with E-state index in [1.54, 1.807) is 0 Å². The van der Waals surface area contributed by atoms with Crippen molar-refractivity contribution in [2.24, 2.45) is 93.7 Å². The number of rotatable bonds is 4. The average Bonchev–Trinajstić information content (AvgIpc) is 3.58. The Balaban J connectivity index is 0.000000190. The molecule has 0 bridgehead atoms. The molecule has 4 nitrogen and oxygen atoms in total. The quantitative estimate of drug-likeness (QED) is 0.249. The normalized spacial score (nSPS) is 52.1. The molecule has 5 heteroatoms. The molecule has 0 aromatic heterocycles. The second-order valence-corrected chi connectivity index (χ2v) is 23.1. The molecule has 314 valence electrons. The summed E-state index contributed by atoms with van der Waals surface area (Å²) in [5.74, 6) is 11.2. The molecule has 3 N–H and O–H groups in total. The SMILES string of the molecule is C.CC[C@@H]1CC(C(C)O)[C@@]2(C)CC[C@H]3[C@@H](CC[C@@H]4C[C@](C)(O)CC[C@@H]43)[C@H]12.CC[C@@H]1C[C@H](C(C)=O)[C@@]2(C)CC[C@H]3[C@@H](CC[C@@H]4C[C@](C)(O)CC[C@@H]43)[C@H]12.CPC. The van der Waals surface area contributed by atoms with E-state index < -0.39 is 11.2 Å². The lowest BCUT2D eigenvalue weighted by Gasteiger charge is -2.58. The maximum atomic E-state index is 12.4. The van der Waals surface area contributed by atoms with Crippen molar-refractivity contribution in [3.63, 3.8) is 0 Å². The second-order valence-electron chi connectivity index (χ2n) is 22.1. The van der Waals surface area contributed by atoms with Crippen molar-refractivity contribution in [3.8, 4) is 0 Å². The van der Waals surface area contributed by atoms with Crippen LogP contribution in [0.2, 0.25) is 0 Å². The molecular weight excluding hydrogens is 684 g/mol. The minimum absolute atomic E-state index is 0. The van der Waals surface area contributed by atoms with Gasteiger partial charge in [-0.25, -0.2) is 0 Å². The van der Waals surface area contributed by atoms with Crippen molar-refractivity contribution in [1.82, 2.24) is 0 Å². The Kier molecular flexibility index (Phi) is 14.4. The van der Waals surface area contributed by atoms with Crippen LogP contribution in [-0.4, -0.2) is 51.7 Å².